The van der Waals surface area contributed by atoms with Crippen LogP contribution in [0.1, 0.15) is 51.4 Å². The maximum atomic E-state index is 13.5. The smallest absolute Gasteiger partial charge is 0.269 e. The second-order valence-corrected chi connectivity index (χ2v) is 13.8. The summed E-state index contributed by atoms with van der Waals surface area (Å²) in [5.41, 5.74) is 2.21. The predicted octanol–water partition coefficient (Wildman–Crippen LogP) is 5.52. The van der Waals surface area contributed by atoms with Crippen LogP contribution < -0.4 is 15.5 Å². The largest absolute Gasteiger partial charge is 0.361 e. The number of nitrogens with one attached hydrogen (secondary N) is 2. The van der Waals surface area contributed by atoms with Gasteiger partial charge in [-0.25, -0.2) is 27.3 Å². The molecule has 2 N–H and O–H groups in total. The number of rotatable bonds is 8. The molecule has 4 aromatic rings. The van der Waals surface area contributed by atoms with Gasteiger partial charge in [0.2, 0.25) is 0 Å². The van der Waals surface area contributed by atoms with Crippen molar-refractivity contribution < 1.29 is 8.42 Å². The van der Waals surface area contributed by atoms with Gasteiger partial charge in [-0.2, -0.15) is 0 Å². The maximum absolute atomic E-state index is 13.5. The van der Waals surface area contributed by atoms with Crippen molar-refractivity contribution in [3.05, 3.63) is 70.7 Å². The Kier molecular flexibility index (Phi) is 8.17. The molecule has 0 bridgehead atoms. The van der Waals surface area contributed by atoms with Crippen LogP contribution in [-0.4, -0.2) is 52.5 Å². The summed E-state index contributed by atoms with van der Waals surface area (Å²) in [4.78, 5) is 16.5. The Morgan fingerprint density at radius 1 is 1.07 bits per heavy atom. The van der Waals surface area contributed by atoms with Gasteiger partial charge in [0.05, 0.1) is 22.0 Å². The average Bonchev–Trinajstić information content (AvgIpc) is 3.26. The Morgan fingerprint density at radius 2 is 1.77 bits per heavy atom. The molecule has 0 radical (unpaired) electrons. The van der Waals surface area contributed by atoms with E-state index in [4.69, 9.17) is 4.98 Å². The minimum atomic E-state index is -3.86. The fraction of sp³-hybridized carbons (Fsp3) is 0.414. The van der Waals surface area contributed by atoms with Gasteiger partial charge in [0, 0.05) is 35.8 Å². The van der Waals surface area contributed by atoms with Crippen molar-refractivity contribution in [2.75, 3.05) is 23.3 Å². The zero-order chi connectivity index (χ0) is 28.6. The molecule has 4 heterocycles. The molecule has 3 atom stereocenters. The predicted molar refractivity (Wildman–Crippen MR) is 163 cm³/mol. The van der Waals surface area contributed by atoms with E-state index in [1.54, 1.807) is 30.5 Å². The van der Waals surface area contributed by atoms with Gasteiger partial charge in [-0.3, -0.25) is 0 Å². The molecule has 11 heteroatoms. The molecule has 1 aliphatic rings. The van der Waals surface area contributed by atoms with E-state index < -0.39 is 10.0 Å². The minimum Gasteiger partial charge on any atom is -0.361 e. The molecular formula is C29H36BrN7O2S. The lowest BCUT2D eigenvalue weighted by molar-refractivity contribution is 0.405. The van der Waals surface area contributed by atoms with Crippen molar-refractivity contribution in [3.63, 3.8) is 0 Å². The third-order valence-corrected chi connectivity index (χ3v) is 9.36. The van der Waals surface area contributed by atoms with Gasteiger partial charge in [0.1, 0.15) is 18.0 Å². The summed E-state index contributed by atoms with van der Waals surface area (Å²) in [6.07, 6.45) is 3.76. The van der Waals surface area contributed by atoms with Crippen LogP contribution in [0, 0.1) is 12.8 Å². The van der Waals surface area contributed by atoms with Crippen LogP contribution in [0.2, 0.25) is 0 Å². The molecule has 1 fully saturated rings. The molecule has 3 aromatic heterocycles. The van der Waals surface area contributed by atoms with E-state index in [2.05, 4.69) is 81.3 Å². The summed E-state index contributed by atoms with van der Waals surface area (Å²) < 4.78 is 28.9. The highest BCUT2D eigenvalue weighted by Crippen LogP contribution is 2.35. The van der Waals surface area contributed by atoms with E-state index in [1.807, 2.05) is 13.0 Å². The van der Waals surface area contributed by atoms with Gasteiger partial charge in [-0.15, -0.1) is 0 Å². The molecular weight excluding hydrogens is 590 g/mol. The van der Waals surface area contributed by atoms with Crippen molar-refractivity contribution in [2.45, 2.75) is 64.1 Å². The molecule has 212 valence electrons. The first kappa shape index (κ1) is 28.5. The van der Waals surface area contributed by atoms with Crippen LogP contribution >= 0.6 is 15.9 Å². The average molecular weight is 627 g/mol. The van der Waals surface area contributed by atoms with Crippen LogP contribution in [0.5, 0.6) is 0 Å². The molecule has 0 saturated carbocycles. The Labute approximate surface area is 244 Å². The molecule has 40 heavy (non-hydrogen) atoms. The lowest BCUT2D eigenvalue weighted by atomic mass is 10.0. The lowest BCUT2D eigenvalue weighted by Crippen LogP contribution is -2.54. The van der Waals surface area contributed by atoms with Crippen molar-refractivity contribution in [2.24, 2.45) is 5.92 Å². The maximum Gasteiger partial charge on any atom is 0.269 e. The third kappa shape index (κ3) is 5.87. The number of fused-ring (bicyclic) bond motifs is 1. The molecule has 0 unspecified atom stereocenters. The van der Waals surface area contributed by atoms with Crippen molar-refractivity contribution >= 4 is 48.6 Å². The molecule has 1 aliphatic heterocycles. The molecule has 0 spiro atoms. The number of hydrogen-bond donors (Lipinski definition) is 2. The quantitative estimate of drug-likeness (QED) is 0.264. The van der Waals surface area contributed by atoms with E-state index in [-0.39, 0.29) is 10.9 Å². The number of hydrogen-bond acceptors (Lipinski definition) is 8. The zero-order valence-electron chi connectivity index (χ0n) is 23.5. The first-order valence-corrected chi connectivity index (χ1v) is 15.8. The van der Waals surface area contributed by atoms with Gasteiger partial charge in [-0.05, 0) is 73.3 Å². The van der Waals surface area contributed by atoms with E-state index >= 15 is 0 Å². The fourth-order valence-electron chi connectivity index (χ4n) is 5.32. The highest BCUT2D eigenvalue weighted by Gasteiger charge is 2.26. The Hall–Kier alpha value is -3.02. The summed E-state index contributed by atoms with van der Waals surface area (Å²) in [6, 6.07) is 13.6. The second-order valence-electron chi connectivity index (χ2n) is 11.1. The number of halogens is 1. The number of nitrogens with zero attached hydrogens (tertiary/aromatic N) is 5. The standard InChI is InChI=1S/C29H36BrN7O2S/c1-18(2)13-25(24-7-6-8-26(34-24)36-14-20(4)33-21(5)15-36)35-28-27-23(30)16-37(29(27)32-17-31-28)40(38,39)22-11-9-19(3)10-12-22/h6-12,16-18,20-21,25,33H,13-15H2,1-5H3,(H,31,32,35)/t20-,21+,25-/m0/s1. The van der Waals surface area contributed by atoms with E-state index in [9.17, 15) is 8.42 Å². The van der Waals surface area contributed by atoms with Crippen molar-refractivity contribution in [1.82, 2.24) is 24.2 Å². The van der Waals surface area contributed by atoms with Crippen LogP contribution in [0.15, 0.2) is 64.4 Å². The minimum absolute atomic E-state index is 0.139. The van der Waals surface area contributed by atoms with Gasteiger partial charge >= 0.3 is 0 Å². The molecule has 0 amide bonds. The van der Waals surface area contributed by atoms with E-state index in [1.165, 1.54) is 10.3 Å². The van der Waals surface area contributed by atoms with E-state index in [0.717, 1.165) is 36.6 Å². The number of pyridine rings is 1. The van der Waals surface area contributed by atoms with Crippen LogP contribution in [0.3, 0.4) is 0 Å². The van der Waals surface area contributed by atoms with Gasteiger partial charge in [0.15, 0.2) is 5.65 Å². The lowest BCUT2D eigenvalue weighted by Gasteiger charge is -2.37. The monoisotopic (exact) mass is 625 g/mol. The summed E-state index contributed by atoms with van der Waals surface area (Å²) in [5, 5.41) is 7.77. The Balaban J connectivity index is 1.51. The summed E-state index contributed by atoms with van der Waals surface area (Å²) in [7, 11) is -3.86. The van der Waals surface area contributed by atoms with Crippen LogP contribution in [0.4, 0.5) is 11.6 Å². The number of aryl methyl sites for hydroxylation is 1. The van der Waals surface area contributed by atoms with Crippen molar-refractivity contribution in [1.29, 1.82) is 0 Å². The summed E-state index contributed by atoms with van der Waals surface area (Å²) in [6.45, 7) is 12.4. The molecule has 0 aliphatic carbocycles. The molecule has 9 nitrogen and oxygen atoms in total. The van der Waals surface area contributed by atoms with Crippen molar-refractivity contribution in [3.8, 4) is 0 Å². The number of piperazine rings is 1. The third-order valence-electron chi connectivity index (χ3n) is 7.10. The second kappa shape index (κ2) is 11.5. The molecule has 5 rings (SSSR count). The first-order valence-electron chi connectivity index (χ1n) is 13.6. The van der Waals surface area contributed by atoms with Crippen LogP contribution in [0.25, 0.3) is 11.0 Å². The molecule has 1 aromatic carbocycles. The fourth-order valence-corrected chi connectivity index (χ4v) is 7.34. The van der Waals surface area contributed by atoms with Gasteiger partial charge in [0.25, 0.3) is 10.0 Å². The number of anilines is 2. The highest BCUT2D eigenvalue weighted by atomic mass is 79.9. The highest BCUT2D eigenvalue weighted by molar-refractivity contribution is 9.10. The van der Waals surface area contributed by atoms with Crippen LogP contribution in [-0.2, 0) is 10.0 Å². The number of aromatic nitrogens is 4. The van der Waals surface area contributed by atoms with Gasteiger partial charge < -0.3 is 15.5 Å². The van der Waals surface area contributed by atoms with Gasteiger partial charge in [-0.1, -0.05) is 37.6 Å². The SMILES string of the molecule is Cc1ccc(S(=O)(=O)n2cc(Br)c3c(N[C@@H](CC(C)C)c4cccc(N5C[C@@H](C)N[C@@H](C)C5)n4)ncnc32)cc1. The normalized spacial score (nSPS) is 18.8. The zero-order valence-corrected chi connectivity index (χ0v) is 25.9. The van der Waals surface area contributed by atoms with E-state index in [0.29, 0.717) is 39.3 Å². The topological polar surface area (TPSA) is 105 Å². The Bertz CT molecular complexity index is 1590. The molecule has 1 saturated heterocycles. The Morgan fingerprint density at radius 3 is 2.45 bits per heavy atom. The summed E-state index contributed by atoms with van der Waals surface area (Å²) in [5.74, 6) is 1.89. The number of benzene rings is 1. The summed E-state index contributed by atoms with van der Waals surface area (Å²) >= 11 is 3.58. The first-order chi connectivity index (χ1) is 19.0.